The first kappa shape index (κ1) is 18.1. The Balaban J connectivity index is 1.96. The van der Waals surface area contributed by atoms with Crippen molar-refractivity contribution in [2.45, 2.75) is 20.3 Å². The molecule has 2 atom stereocenters. The summed E-state index contributed by atoms with van der Waals surface area (Å²) in [6.45, 7) is 5.43. The molecule has 1 saturated heterocycles. The van der Waals surface area contributed by atoms with Gasteiger partial charge in [0.1, 0.15) is 17.1 Å². The molecule has 1 aliphatic rings. The molecule has 6 nitrogen and oxygen atoms in total. The van der Waals surface area contributed by atoms with E-state index in [0.717, 1.165) is 6.42 Å². The number of nitrogens with zero attached hydrogens (tertiary/aromatic N) is 1. The summed E-state index contributed by atoms with van der Waals surface area (Å²) in [5.74, 6) is 1.13. The first-order chi connectivity index (χ1) is 11.4. The average Bonchev–Trinajstić information content (AvgIpc) is 2.57. The smallest absolute Gasteiger partial charge is 0.342 e. The highest BCUT2D eigenvalue weighted by Crippen LogP contribution is 2.25. The van der Waals surface area contributed by atoms with Crippen LogP contribution in [0.1, 0.15) is 30.6 Å². The lowest BCUT2D eigenvalue weighted by Crippen LogP contribution is -2.44. The summed E-state index contributed by atoms with van der Waals surface area (Å²) in [6.07, 6.45) is 1.12. The minimum Gasteiger partial charge on any atom is -0.497 e. The van der Waals surface area contributed by atoms with Crippen molar-refractivity contribution in [1.29, 1.82) is 0 Å². The van der Waals surface area contributed by atoms with Crippen molar-refractivity contribution < 1.29 is 23.8 Å². The van der Waals surface area contributed by atoms with Gasteiger partial charge in [0.15, 0.2) is 6.61 Å². The van der Waals surface area contributed by atoms with Crippen LogP contribution in [-0.2, 0) is 9.53 Å². The fourth-order valence-corrected chi connectivity index (χ4v) is 3.13. The summed E-state index contributed by atoms with van der Waals surface area (Å²) in [4.78, 5) is 26.3. The largest absolute Gasteiger partial charge is 0.497 e. The quantitative estimate of drug-likeness (QED) is 0.773. The van der Waals surface area contributed by atoms with E-state index in [-0.39, 0.29) is 18.1 Å². The summed E-state index contributed by atoms with van der Waals surface area (Å²) in [5.41, 5.74) is 0.270. The average molecular weight is 335 g/mol. The fourth-order valence-electron chi connectivity index (χ4n) is 3.13. The van der Waals surface area contributed by atoms with E-state index in [0.29, 0.717) is 36.4 Å². The number of piperidine rings is 1. The van der Waals surface area contributed by atoms with Gasteiger partial charge in [-0.15, -0.1) is 0 Å². The number of hydrogen-bond donors (Lipinski definition) is 0. The molecule has 1 heterocycles. The molecular weight excluding hydrogens is 310 g/mol. The molecule has 0 bridgehead atoms. The standard InChI is InChI=1S/C18H25NO5/c1-12-7-13(2)10-19(9-12)17(20)11-24-18(21)15-6-5-14(22-3)8-16(15)23-4/h5-6,8,12-13H,7,9-11H2,1-4H3. The molecule has 0 radical (unpaired) electrons. The highest BCUT2D eigenvalue weighted by molar-refractivity contribution is 5.94. The number of carbonyl (C=O) groups is 2. The molecule has 1 aromatic carbocycles. The van der Waals surface area contributed by atoms with Gasteiger partial charge in [0.25, 0.3) is 5.91 Å². The lowest BCUT2D eigenvalue weighted by molar-refractivity contribution is -0.137. The van der Waals surface area contributed by atoms with Crippen molar-refractivity contribution in [3.8, 4) is 11.5 Å². The summed E-state index contributed by atoms with van der Waals surface area (Å²) < 4.78 is 15.5. The van der Waals surface area contributed by atoms with Crippen LogP contribution in [0.5, 0.6) is 11.5 Å². The van der Waals surface area contributed by atoms with E-state index >= 15 is 0 Å². The maximum atomic E-state index is 12.3. The van der Waals surface area contributed by atoms with Crippen LogP contribution in [-0.4, -0.2) is 50.7 Å². The normalized spacial score (nSPS) is 20.4. The molecule has 132 valence electrons. The van der Waals surface area contributed by atoms with Crippen molar-refractivity contribution in [2.75, 3.05) is 33.9 Å². The second-order valence-electron chi connectivity index (χ2n) is 6.39. The van der Waals surface area contributed by atoms with Crippen LogP contribution in [0, 0.1) is 11.8 Å². The fraction of sp³-hybridized carbons (Fsp3) is 0.556. The molecule has 0 aromatic heterocycles. The molecule has 1 aromatic rings. The van der Waals surface area contributed by atoms with Crippen LogP contribution in [0.25, 0.3) is 0 Å². The second-order valence-corrected chi connectivity index (χ2v) is 6.39. The van der Waals surface area contributed by atoms with Gasteiger partial charge in [0.2, 0.25) is 0 Å². The zero-order valence-electron chi connectivity index (χ0n) is 14.7. The van der Waals surface area contributed by atoms with Crippen LogP contribution in [0.3, 0.4) is 0 Å². The summed E-state index contributed by atoms with van der Waals surface area (Å²) in [5, 5.41) is 0. The van der Waals surface area contributed by atoms with Crippen LogP contribution in [0.2, 0.25) is 0 Å². The Bertz CT molecular complexity index is 591. The molecule has 2 unspecified atom stereocenters. The van der Waals surface area contributed by atoms with Gasteiger partial charge < -0.3 is 19.1 Å². The van der Waals surface area contributed by atoms with E-state index in [1.165, 1.54) is 14.2 Å². The van der Waals surface area contributed by atoms with Gasteiger partial charge in [-0.1, -0.05) is 13.8 Å². The van der Waals surface area contributed by atoms with Crippen LogP contribution >= 0.6 is 0 Å². The van der Waals surface area contributed by atoms with E-state index in [2.05, 4.69) is 13.8 Å². The SMILES string of the molecule is COc1ccc(C(=O)OCC(=O)N2CC(C)CC(C)C2)c(OC)c1. The van der Waals surface area contributed by atoms with Gasteiger partial charge in [-0.05, 0) is 30.4 Å². The van der Waals surface area contributed by atoms with E-state index in [4.69, 9.17) is 14.2 Å². The predicted molar refractivity (Wildman–Crippen MR) is 89.4 cm³/mol. The Labute approximate surface area is 142 Å². The van der Waals surface area contributed by atoms with E-state index in [1.54, 1.807) is 23.1 Å². The number of carbonyl (C=O) groups excluding carboxylic acids is 2. The Morgan fingerprint density at radius 1 is 1.12 bits per heavy atom. The van der Waals surface area contributed by atoms with Gasteiger partial charge in [-0.3, -0.25) is 4.79 Å². The van der Waals surface area contributed by atoms with Gasteiger partial charge in [-0.25, -0.2) is 4.79 Å². The number of esters is 1. The minimum atomic E-state index is -0.582. The number of rotatable bonds is 5. The molecule has 1 fully saturated rings. The number of amides is 1. The van der Waals surface area contributed by atoms with Crippen LogP contribution in [0.15, 0.2) is 18.2 Å². The summed E-state index contributed by atoms with van der Waals surface area (Å²) in [7, 11) is 3.00. The minimum absolute atomic E-state index is 0.158. The Morgan fingerprint density at radius 2 is 1.79 bits per heavy atom. The second kappa shape index (κ2) is 8.04. The highest BCUT2D eigenvalue weighted by atomic mass is 16.5. The Kier molecular flexibility index (Phi) is 6.06. The zero-order chi connectivity index (χ0) is 17.7. The number of ether oxygens (including phenoxy) is 3. The third-order valence-electron chi connectivity index (χ3n) is 4.18. The zero-order valence-corrected chi connectivity index (χ0v) is 14.7. The molecule has 0 aliphatic carbocycles. The third-order valence-corrected chi connectivity index (χ3v) is 4.18. The molecule has 0 N–H and O–H groups in total. The molecule has 0 spiro atoms. The Hall–Kier alpha value is -2.24. The van der Waals surface area contributed by atoms with E-state index in [9.17, 15) is 9.59 Å². The maximum Gasteiger partial charge on any atom is 0.342 e. The first-order valence-corrected chi connectivity index (χ1v) is 8.11. The lowest BCUT2D eigenvalue weighted by atomic mass is 9.92. The van der Waals surface area contributed by atoms with Crippen molar-refractivity contribution in [3.63, 3.8) is 0 Å². The number of likely N-dealkylation sites (tertiary alicyclic amines) is 1. The molecule has 2 rings (SSSR count). The van der Waals surface area contributed by atoms with Gasteiger partial charge in [0, 0.05) is 19.2 Å². The molecule has 1 amide bonds. The predicted octanol–water partition coefficient (Wildman–Crippen LogP) is 2.37. The maximum absolute atomic E-state index is 12.3. The van der Waals surface area contributed by atoms with Gasteiger partial charge in [-0.2, -0.15) is 0 Å². The summed E-state index contributed by atoms with van der Waals surface area (Å²) >= 11 is 0. The first-order valence-electron chi connectivity index (χ1n) is 8.11. The highest BCUT2D eigenvalue weighted by Gasteiger charge is 2.26. The molecular formula is C18H25NO5. The van der Waals surface area contributed by atoms with Crippen molar-refractivity contribution >= 4 is 11.9 Å². The topological polar surface area (TPSA) is 65.1 Å². The number of hydrogen-bond acceptors (Lipinski definition) is 5. The molecule has 6 heteroatoms. The molecule has 1 aliphatic heterocycles. The monoisotopic (exact) mass is 335 g/mol. The number of methoxy groups -OCH3 is 2. The van der Waals surface area contributed by atoms with Gasteiger partial charge in [0.05, 0.1) is 14.2 Å². The van der Waals surface area contributed by atoms with Gasteiger partial charge >= 0.3 is 5.97 Å². The number of benzene rings is 1. The van der Waals surface area contributed by atoms with Crippen LogP contribution in [0.4, 0.5) is 0 Å². The van der Waals surface area contributed by atoms with Crippen LogP contribution < -0.4 is 9.47 Å². The van der Waals surface area contributed by atoms with E-state index < -0.39 is 5.97 Å². The van der Waals surface area contributed by atoms with Crippen molar-refractivity contribution in [1.82, 2.24) is 4.90 Å². The lowest BCUT2D eigenvalue weighted by Gasteiger charge is -2.34. The molecule has 24 heavy (non-hydrogen) atoms. The summed E-state index contributed by atoms with van der Waals surface area (Å²) in [6, 6.07) is 4.82. The third kappa shape index (κ3) is 4.40. The Morgan fingerprint density at radius 3 is 2.38 bits per heavy atom. The van der Waals surface area contributed by atoms with Crippen molar-refractivity contribution in [3.05, 3.63) is 23.8 Å². The van der Waals surface area contributed by atoms with E-state index in [1.807, 2.05) is 0 Å². The van der Waals surface area contributed by atoms with Crippen molar-refractivity contribution in [2.24, 2.45) is 11.8 Å². The molecule has 0 saturated carbocycles.